The molecule has 106 valence electrons. The van der Waals surface area contributed by atoms with E-state index in [0.29, 0.717) is 12.1 Å². The summed E-state index contributed by atoms with van der Waals surface area (Å²) in [4.78, 5) is 26.1. The maximum absolute atomic E-state index is 12.3. The van der Waals surface area contributed by atoms with Crippen molar-refractivity contribution in [3.63, 3.8) is 0 Å². The molecule has 1 heterocycles. The number of aryl methyl sites for hydroxylation is 3. The lowest BCUT2D eigenvalue weighted by Crippen LogP contribution is -2.29. The van der Waals surface area contributed by atoms with E-state index in [4.69, 9.17) is 0 Å². The van der Waals surface area contributed by atoms with E-state index in [1.807, 2.05) is 51.1 Å². The first-order valence-corrected chi connectivity index (χ1v) is 7.01. The second-order valence-corrected chi connectivity index (χ2v) is 5.62. The quantitative estimate of drug-likeness (QED) is 0.791. The maximum atomic E-state index is 12.3. The third-order valence-corrected chi connectivity index (χ3v) is 3.99. The predicted molar refractivity (Wildman–Crippen MR) is 82.6 cm³/mol. The summed E-state index contributed by atoms with van der Waals surface area (Å²) in [6.07, 6.45) is 0. The fraction of sp³-hybridized carbons (Fsp3) is 0.222. The van der Waals surface area contributed by atoms with Crippen LogP contribution in [0.2, 0.25) is 0 Å². The van der Waals surface area contributed by atoms with Crippen LogP contribution in [-0.4, -0.2) is 11.7 Å². The Hall–Kier alpha value is -2.42. The van der Waals surface area contributed by atoms with E-state index in [1.165, 1.54) is 0 Å². The largest absolute Gasteiger partial charge is 0.300 e. The van der Waals surface area contributed by atoms with E-state index in [9.17, 15) is 9.59 Å². The number of carbonyl (C=O) groups excluding carboxylic acids is 2. The van der Waals surface area contributed by atoms with Gasteiger partial charge in [0.2, 0.25) is 0 Å². The molecule has 0 aromatic heterocycles. The lowest BCUT2D eigenvalue weighted by atomic mass is 10.0. The second-order valence-electron chi connectivity index (χ2n) is 5.62. The Morgan fingerprint density at radius 1 is 0.952 bits per heavy atom. The van der Waals surface area contributed by atoms with Crippen LogP contribution in [0.3, 0.4) is 0 Å². The fourth-order valence-corrected chi connectivity index (χ4v) is 2.94. The fourth-order valence-electron chi connectivity index (χ4n) is 2.94. The van der Waals surface area contributed by atoms with Crippen LogP contribution in [-0.2, 0) is 11.3 Å². The highest BCUT2D eigenvalue weighted by molar-refractivity contribution is 6.52. The van der Waals surface area contributed by atoms with Gasteiger partial charge in [-0.25, -0.2) is 0 Å². The van der Waals surface area contributed by atoms with Crippen LogP contribution in [0.15, 0.2) is 36.4 Å². The molecule has 0 saturated carbocycles. The van der Waals surface area contributed by atoms with E-state index in [1.54, 1.807) is 11.0 Å². The zero-order valence-corrected chi connectivity index (χ0v) is 12.4. The molecule has 1 aliphatic rings. The number of anilines is 1. The molecule has 0 saturated heterocycles. The SMILES string of the molecule is Cc1cc(C)c2c(c1)C(=O)C(=O)N2Cc1ccccc1C. The van der Waals surface area contributed by atoms with Gasteiger partial charge in [-0.2, -0.15) is 0 Å². The zero-order chi connectivity index (χ0) is 15.1. The summed E-state index contributed by atoms with van der Waals surface area (Å²) in [6, 6.07) is 11.7. The number of rotatable bonds is 2. The smallest absolute Gasteiger partial charge is 0.299 e. The number of hydrogen-bond acceptors (Lipinski definition) is 2. The third kappa shape index (κ3) is 2.15. The standard InChI is InChI=1S/C18H17NO2/c1-11-8-13(3)16-15(9-11)17(20)18(21)19(16)10-14-7-5-4-6-12(14)2/h4-9H,10H2,1-3H3. The summed E-state index contributed by atoms with van der Waals surface area (Å²) in [7, 11) is 0. The van der Waals surface area contributed by atoms with Crippen molar-refractivity contribution >= 4 is 17.4 Å². The van der Waals surface area contributed by atoms with E-state index in [-0.39, 0.29) is 0 Å². The Bertz CT molecular complexity index is 762. The van der Waals surface area contributed by atoms with Crippen LogP contribution < -0.4 is 4.90 Å². The number of Topliss-reactive ketones (excluding diaryl/α,β-unsaturated/α-hetero) is 1. The highest BCUT2D eigenvalue weighted by Gasteiger charge is 2.37. The maximum Gasteiger partial charge on any atom is 0.299 e. The molecular formula is C18H17NO2. The van der Waals surface area contributed by atoms with Gasteiger partial charge in [0.1, 0.15) is 0 Å². The molecule has 3 heteroatoms. The molecular weight excluding hydrogens is 262 g/mol. The molecule has 0 spiro atoms. The van der Waals surface area contributed by atoms with Crippen molar-refractivity contribution in [1.82, 2.24) is 0 Å². The molecule has 0 atom stereocenters. The highest BCUT2D eigenvalue weighted by atomic mass is 16.2. The van der Waals surface area contributed by atoms with Crippen molar-refractivity contribution in [2.75, 3.05) is 4.90 Å². The van der Waals surface area contributed by atoms with Crippen molar-refractivity contribution in [3.8, 4) is 0 Å². The van der Waals surface area contributed by atoms with Gasteiger partial charge in [-0.15, -0.1) is 0 Å². The molecule has 1 aliphatic heterocycles. The van der Waals surface area contributed by atoms with Gasteiger partial charge in [0, 0.05) is 0 Å². The molecule has 0 fully saturated rings. The first-order chi connectivity index (χ1) is 9.99. The van der Waals surface area contributed by atoms with Crippen LogP contribution in [0.4, 0.5) is 5.69 Å². The van der Waals surface area contributed by atoms with Crippen LogP contribution in [0.1, 0.15) is 32.6 Å². The molecule has 3 rings (SSSR count). The average molecular weight is 279 g/mol. The highest BCUT2D eigenvalue weighted by Crippen LogP contribution is 2.34. The number of benzene rings is 2. The molecule has 2 aromatic rings. The van der Waals surface area contributed by atoms with Gasteiger partial charge in [-0.1, -0.05) is 30.3 Å². The van der Waals surface area contributed by atoms with E-state index < -0.39 is 11.7 Å². The number of ketones is 1. The average Bonchev–Trinajstić information content (AvgIpc) is 2.67. The van der Waals surface area contributed by atoms with Crippen LogP contribution >= 0.6 is 0 Å². The second kappa shape index (κ2) is 4.85. The number of nitrogens with zero attached hydrogens (tertiary/aromatic N) is 1. The Morgan fingerprint density at radius 2 is 1.67 bits per heavy atom. The predicted octanol–water partition coefficient (Wildman–Crippen LogP) is 3.34. The first kappa shape index (κ1) is 13.6. The zero-order valence-electron chi connectivity index (χ0n) is 12.4. The Labute approximate surface area is 124 Å². The van der Waals surface area contributed by atoms with Crippen LogP contribution in [0.25, 0.3) is 0 Å². The molecule has 21 heavy (non-hydrogen) atoms. The molecule has 3 nitrogen and oxygen atoms in total. The number of hydrogen-bond donors (Lipinski definition) is 0. The van der Waals surface area contributed by atoms with E-state index in [2.05, 4.69) is 0 Å². The molecule has 0 N–H and O–H groups in total. The molecule has 0 radical (unpaired) electrons. The Morgan fingerprint density at radius 3 is 2.38 bits per heavy atom. The van der Waals surface area contributed by atoms with Gasteiger partial charge in [0.15, 0.2) is 0 Å². The first-order valence-electron chi connectivity index (χ1n) is 7.01. The van der Waals surface area contributed by atoms with Crippen LogP contribution in [0, 0.1) is 20.8 Å². The minimum absolute atomic E-state index is 0.398. The topological polar surface area (TPSA) is 37.4 Å². The summed E-state index contributed by atoms with van der Waals surface area (Å²) in [5.74, 6) is -0.827. The minimum Gasteiger partial charge on any atom is -0.300 e. The van der Waals surface area contributed by atoms with Gasteiger partial charge in [0.25, 0.3) is 11.7 Å². The summed E-state index contributed by atoms with van der Waals surface area (Å²) < 4.78 is 0. The van der Waals surface area contributed by atoms with Crippen LogP contribution in [0.5, 0.6) is 0 Å². The van der Waals surface area contributed by atoms with Gasteiger partial charge in [0.05, 0.1) is 17.8 Å². The summed E-state index contributed by atoms with van der Waals surface area (Å²) in [5.41, 5.74) is 5.45. The van der Waals surface area contributed by atoms with Gasteiger partial charge >= 0.3 is 0 Å². The molecule has 0 aliphatic carbocycles. The molecule has 0 unspecified atom stereocenters. The monoisotopic (exact) mass is 279 g/mol. The normalized spacial score (nSPS) is 13.8. The molecule has 1 amide bonds. The van der Waals surface area contributed by atoms with Crippen molar-refractivity contribution in [3.05, 3.63) is 64.2 Å². The summed E-state index contributed by atoms with van der Waals surface area (Å²) in [6.45, 7) is 6.34. The van der Waals surface area contributed by atoms with Crippen molar-refractivity contribution in [1.29, 1.82) is 0 Å². The van der Waals surface area contributed by atoms with E-state index in [0.717, 1.165) is 27.9 Å². The lowest BCUT2D eigenvalue weighted by molar-refractivity contribution is -0.114. The number of amides is 1. The Kier molecular flexibility index (Phi) is 3.13. The third-order valence-electron chi connectivity index (χ3n) is 3.99. The Balaban J connectivity index is 2.08. The summed E-state index contributed by atoms with van der Waals surface area (Å²) in [5, 5.41) is 0. The van der Waals surface area contributed by atoms with Gasteiger partial charge in [-0.3, -0.25) is 9.59 Å². The van der Waals surface area contributed by atoms with E-state index >= 15 is 0 Å². The summed E-state index contributed by atoms with van der Waals surface area (Å²) >= 11 is 0. The lowest BCUT2D eigenvalue weighted by Gasteiger charge is -2.20. The van der Waals surface area contributed by atoms with Gasteiger partial charge < -0.3 is 4.90 Å². The minimum atomic E-state index is -0.429. The van der Waals surface area contributed by atoms with Gasteiger partial charge in [-0.05, 0) is 49.1 Å². The van der Waals surface area contributed by atoms with Crippen molar-refractivity contribution < 1.29 is 9.59 Å². The number of fused-ring (bicyclic) bond motifs is 1. The molecule has 0 bridgehead atoms. The van der Waals surface area contributed by atoms with Crippen molar-refractivity contribution in [2.45, 2.75) is 27.3 Å². The molecule has 2 aromatic carbocycles. The number of carbonyl (C=O) groups is 2. The van der Waals surface area contributed by atoms with Crippen molar-refractivity contribution in [2.24, 2.45) is 0 Å².